The number of aromatic nitrogens is 2. The smallest absolute Gasteiger partial charge is 0.465 e. The lowest BCUT2D eigenvalue weighted by Gasteiger charge is -2.07. The molecule has 0 radical (unpaired) electrons. The van der Waals surface area contributed by atoms with Gasteiger partial charge < -0.3 is 4.74 Å². The van der Waals surface area contributed by atoms with Gasteiger partial charge in [-0.2, -0.15) is 9.78 Å². The molecule has 2 rings (SSSR count). The molecule has 0 N–H and O–H groups in total. The molecule has 0 aliphatic heterocycles. The summed E-state index contributed by atoms with van der Waals surface area (Å²) in [6, 6.07) is 3.75. The minimum Gasteiger partial charge on any atom is -0.465 e. The van der Waals surface area contributed by atoms with Crippen LogP contribution in [0.5, 0.6) is 0 Å². The van der Waals surface area contributed by atoms with Crippen LogP contribution in [0.2, 0.25) is 0 Å². The summed E-state index contributed by atoms with van der Waals surface area (Å²) < 4.78 is 41.9. The second-order valence-electron chi connectivity index (χ2n) is 3.29. The molecule has 1 aromatic heterocycles. The maximum atomic E-state index is 12.5. The van der Waals surface area contributed by atoms with Gasteiger partial charge in [0.2, 0.25) is 0 Å². The molecule has 1 aromatic carbocycles. The van der Waals surface area contributed by atoms with E-state index < -0.39 is 12.3 Å². The molecule has 4 nitrogen and oxygen atoms in total. The van der Waals surface area contributed by atoms with Crippen molar-refractivity contribution in [1.29, 1.82) is 0 Å². The number of carbonyl (C=O) groups is 1. The van der Waals surface area contributed by atoms with E-state index in [4.69, 9.17) is 0 Å². The Morgan fingerprint density at radius 1 is 1.41 bits per heavy atom. The molecule has 0 fully saturated rings. The largest absolute Gasteiger partial charge is 0.505 e. The van der Waals surface area contributed by atoms with Crippen LogP contribution in [0.1, 0.15) is 10.4 Å². The molecule has 0 spiro atoms. The Balaban J connectivity index is 2.56. The Hall–Kier alpha value is -2.05. The Morgan fingerprint density at radius 3 is 2.71 bits per heavy atom. The number of carbonyl (C=O) groups excluding carboxylic acids is 1. The maximum absolute atomic E-state index is 12.5. The number of nitrogens with zero attached hydrogens (tertiary/aromatic N) is 2. The van der Waals surface area contributed by atoms with E-state index in [1.807, 2.05) is 0 Å². The van der Waals surface area contributed by atoms with Crippen molar-refractivity contribution in [2.45, 2.75) is 6.30 Å². The summed E-state index contributed by atoms with van der Waals surface area (Å²) in [6.45, 7) is 0. The molecule has 90 valence electrons. The Bertz CT molecular complexity index is 574. The molecular formula is C10H7F3N2O2. The lowest BCUT2D eigenvalue weighted by molar-refractivity contribution is -0.209. The van der Waals surface area contributed by atoms with E-state index in [2.05, 4.69) is 9.84 Å². The molecule has 2 aromatic rings. The first-order chi connectivity index (χ1) is 7.93. The molecule has 0 aliphatic rings. The highest BCUT2D eigenvalue weighted by Crippen LogP contribution is 2.27. The normalized spacial score (nSPS) is 11.8. The lowest BCUT2D eigenvalue weighted by atomic mass is 10.1. The second kappa shape index (κ2) is 3.76. The van der Waals surface area contributed by atoms with Gasteiger partial charge in [-0.25, -0.2) is 4.79 Å². The van der Waals surface area contributed by atoms with Crippen molar-refractivity contribution in [3.8, 4) is 0 Å². The Labute approximate surface area is 93.6 Å². The standard InChI is InChI=1S/C10H7F3N2O2/c1-17-9(16)6-2-3-8-7(4-6)5-14-15(8)10(11,12)13/h2-5H,1H3. The predicted octanol–water partition coefficient (Wildman–Crippen LogP) is 2.30. The third-order valence-corrected chi connectivity index (χ3v) is 2.23. The third-order valence-electron chi connectivity index (χ3n) is 2.23. The SMILES string of the molecule is COC(=O)c1ccc2c(cnn2C(F)(F)F)c1. The molecule has 0 amide bonds. The van der Waals surface area contributed by atoms with E-state index >= 15 is 0 Å². The van der Waals surface area contributed by atoms with E-state index in [-0.39, 0.29) is 21.1 Å². The Morgan fingerprint density at radius 2 is 2.12 bits per heavy atom. The van der Waals surface area contributed by atoms with Crippen LogP contribution in [0.3, 0.4) is 0 Å². The molecule has 0 unspecified atom stereocenters. The fourth-order valence-electron chi connectivity index (χ4n) is 1.48. The van der Waals surface area contributed by atoms with Crippen LogP contribution in [0.25, 0.3) is 10.9 Å². The van der Waals surface area contributed by atoms with Gasteiger partial charge in [-0.15, -0.1) is 13.2 Å². The van der Waals surface area contributed by atoms with E-state index in [1.54, 1.807) is 0 Å². The van der Waals surface area contributed by atoms with Crippen LogP contribution in [-0.2, 0) is 11.0 Å². The van der Waals surface area contributed by atoms with Crippen molar-refractivity contribution in [3.05, 3.63) is 30.0 Å². The van der Waals surface area contributed by atoms with Gasteiger partial charge in [-0.1, -0.05) is 0 Å². The van der Waals surface area contributed by atoms with Gasteiger partial charge in [0.25, 0.3) is 0 Å². The number of methoxy groups -OCH3 is 1. The van der Waals surface area contributed by atoms with Crippen LogP contribution in [0, 0.1) is 0 Å². The monoisotopic (exact) mass is 244 g/mol. The van der Waals surface area contributed by atoms with Crippen LogP contribution in [0.4, 0.5) is 13.2 Å². The fraction of sp³-hybridized carbons (Fsp3) is 0.200. The van der Waals surface area contributed by atoms with Crippen LogP contribution in [0.15, 0.2) is 24.4 Å². The molecular weight excluding hydrogens is 237 g/mol. The molecule has 0 saturated carbocycles. The van der Waals surface area contributed by atoms with Gasteiger partial charge in [0.05, 0.1) is 24.4 Å². The maximum Gasteiger partial charge on any atom is 0.505 e. The van der Waals surface area contributed by atoms with Crippen molar-refractivity contribution in [1.82, 2.24) is 9.78 Å². The van der Waals surface area contributed by atoms with Gasteiger partial charge in [0, 0.05) is 5.39 Å². The summed E-state index contributed by atoms with van der Waals surface area (Å²) >= 11 is 0. The summed E-state index contributed by atoms with van der Waals surface area (Å²) in [5.74, 6) is -0.605. The number of halogens is 3. The van der Waals surface area contributed by atoms with Gasteiger partial charge in [-0.05, 0) is 18.2 Å². The molecule has 1 heterocycles. The number of esters is 1. The first-order valence-corrected chi connectivity index (χ1v) is 4.57. The third kappa shape index (κ3) is 1.95. The molecule has 17 heavy (non-hydrogen) atoms. The van der Waals surface area contributed by atoms with Gasteiger partial charge >= 0.3 is 12.3 Å². The molecule has 0 aliphatic carbocycles. The molecule has 0 bridgehead atoms. The topological polar surface area (TPSA) is 44.1 Å². The quantitative estimate of drug-likeness (QED) is 0.723. The van der Waals surface area contributed by atoms with Crippen molar-refractivity contribution < 1.29 is 22.7 Å². The van der Waals surface area contributed by atoms with E-state index in [9.17, 15) is 18.0 Å². The van der Waals surface area contributed by atoms with E-state index in [0.29, 0.717) is 0 Å². The highest BCUT2D eigenvalue weighted by atomic mass is 19.4. The molecule has 0 saturated heterocycles. The highest BCUT2D eigenvalue weighted by molar-refractivity contribution is 5.94. The predicted molar refractivity (Wildman–Crippen MR) is 52.4 cm³/mol. The van der Waals surface area contributed by atoms with Crippen molar-refractivity contribution in [2.24, 2.45) is 0 Å². The minimum atomic E-state index is -4.57. The van der Waals surface area contributed by atoms with Crippen LogP contribution in [-0.4, -0.2) is 22.9 Å². The summed E-state index contributed by atoms with van der Waals surface area (Å²) in [5, 5.41) is 3.46. The lowest BCUT2D eigenvalue weighted by Crippen LogP contribution is -2.17. The minimum absolute atomic E-state index is 0.0522. The van der Waals surface area contributed by atoms with Crippen molar-refractivity contribution >= 4 is 16.9 Å². The van der Waals surface area contributed by atoms with Crippen LogP contribution >= 0.6 is 0 Å². The molecule has 0 atom stereocenters. The first-order valence-electron chi connectivity index (χ1n) is 4.57. The van der Waals surface area contributed by atoms with Crippen molar-refractivity contribution in [3.63, 3.8) is 0 Å². The second-order valence-corrected chi connectivity index (χ2v) is 3.29. The number of fused-ring (bicyclic) bond motifs is 1. The molecule has 7 heteroatoms. The zero-order valence-electron chi connectivity index (χ0n) is 8.65. The zero-order valence-corrected chi connectivity index (χ0v) is 8.65. The number of ether oxygens (including phenoxy) is 1. The summed E-state index contributed by atoms with van der Waals surface area (Å²) in [4.78, 5) is 11.2. The summed E-state index contributed by atoms with van der Waals surface area (Å²) in [7, 11) is 1.20. The number of benzene rings is 1. The number of hydrogen-bond donors (Lipinski definition) is 0. The number of hydrogen-bond acceptors (Lipinski definition) is 3. The first kappa shape index (κ1) is 11.4. The summed E-state index contributed by atoms with van der Waals surface area (Å²) in [5.41, 5.74) is 0.0758. The van der Waals surface area contributed by atoms with Crippen molar-refractivity contribution in [2.75, 3.05) is 7.11 Å². The average Bonchev–Trinajstić information content (AvgIpc) is 2.70. The van der Waals surface area contributed by atoms with Gasteiger partial charge in [0.1, 0.15) is 0 Å². The van der Waals surface area contributed by atoms with E-state index in [1.165, 1.54) is 25.3 Å². The number of rotatable bonds is 1. The van der Waals surface area contributed by atoms with Gasteiger partial charge in [-0.3, -0.25) is 0 Å². The fourth-order valence-corrected chi connectivity index (χ4v) is 1.48. The Kier molecular flexibility index (Phi) is 2.53. The average molecular weight is 244 g/mol. The zero-order chi connectivity index (χ0) is 12.6. The van der Waals surface area contributed by atoms with Gasteiger partial charge in [0.15, 0.2) is 0 Å². The number of alkyl halides is 3. The highest BCUT2D eigenvalue weighted by Gasteiger charge is 2.33. The van der Waals surface area contributed by atoms with Crippen LogP contribution < -0.4 is 0 Å². The summed E-state index contributed by atoms with van der Waals surface area (Å²) in [6.07, 6.45) is -3.52. The van der Waals surface area contributed by atoms with E-state index in [0.717, 1.165) is 6.20 Å².